The number of benzene rings is 8. The van der Waals surface area contributed by atoms with Crippen LogP contribution in [0.3, 0.4) is 0 Å². The molecule has 0 N–H and O–H groups in total. The molecule has 0 fully saturated rings. The second kappa shape index (κ2) is 26.9. The molecule has 0 unspecified atom stereocenters. The fourth-order valence-corrected chi connectivity index (χ4v) is 9.48. The third kappa shape index (κ3) is 17.0. The Labute approximate surface area is 445 Å². The second-order valence-corrected chi connectivity index (χ2v) is 21.1. The average Bonchev–Trinajstić information content (AvgIpc) is 3.95. The van der Waals surface area contributed by atoms with Crippen LogP contribution in [-0.4, -0.2) is 9.97 Å². The van der Waals surface area contributed by atoms with Crippen LogP contribution >= 0.6 is 11.3 Å². The van der Waals surface area contributed by atoms with Gasteiger partial charge in [-0.05, 0) is 204 Å². The predicted octanol–water partition coefficient (Wildman–Crippen LogP) is 20.3. The monoisotopic (exact) mass is 991 g/mol. The highest BCUT2D eigenvalue weighted by Crippen LogP contribution is 2.29. The Balaban J connectivity index is 0.000000145. The largest absolute Gasteiger partial charge is 0.467 e. The van der Waals surface area contributed by atoms with E-state index < -0.39 is 0 Å². The summed E-state index contributed by atoms with van der Waals surface area (Å²) in [6.07, 6.45) is 3.71. The van der Waals surface area contributed by atoms with Gasteiger partial charge in [0.25, 0.3) is 0 Å². The summed E-state index contributed by atoms with van der Waals surface area (Å²) in [5.74, 6) is 1.97. The Hall–Kier alpha value is -7.66. The molecule has 0 saturated carbocycles. The van der Waals surface area contributed by atoms with Crippen molar-refractivity contribution in [2.45, 2.75) is 96.9 Å². The smallest absolute Gasteiger partial charge is 0.101 e. The predicted molar refractivity (Wildman–Crippen MR) is 325 cm³/mol. The molecule has 74 heavy (non-hydrogen) atoms. The molecule has 12 rings (SSSR count). The Morgan fingerprint density at radius 3 is 1.09 bits per heavy atom. The summed E-state index contributed by atoms with van der Waals surface area (Å²) < 4.78 is 5.08. The zero-order valence-electron chi connectivity index (χ0n) is 46.2. The number of hydrogen-bond donors (Lipinski definition) is 0. The van der Waals surface area contributed by atoms with Crippen LogP contribution in [0, 0.1) is 96.9 Å². The Morgan fingerprint density at radius 1 is 0.297 bits per heavy atom. The molecule has 4 heteroatoms. The van der Waals surface area contributed by atoms with Crippen molar-refractivity contribution in [1.29, 1.82) is 0 Å². The summed E-state index contributed by atoms with van der Waals surface area (Å²) in [6, 6.07) is 64.7. The SMILES string of the molecule is Cc1ccc(C)o1.Cc1ccc(C)s1.Cc1ccc2c(ccc3cc(C)ccc32)c1.Cc1ccc2cc(C)c3ccccc3c2c1.Cc1ccc2cc(C)ccc2c1.Cc1cccc(C)n1.Cc1cncc(C)c1. The van der Waals surface area contributed by atoms with Crippen LogP contribution in [0.25, 0.3) is 53.9 Å². The highest BCUT2D eigenvalue weighted by molar-refractivity contribution is 7.11. The van der Waals surface area contributed by atoms with Crippen LogP contribution in [-0.2, 0) is 0 Å². The number of pyridine rings is 2. The van der Waals surface area contributed by atoms with Gasteiger partial charge in [-0.3, -0.25) is 9.97 Å². The highest BCUT2D eigenvalue weighted by atomic mass is 32.1. The first-order valence-electron chi connectivity index (χ1n) is 25.5. The standard InChI is InChI=1S/2C16H14.C12H12.2C7H9N.C6H8O.C6H8S/c1-11-3-7-15-13(9-11)5-6-14-10-12(2)4-8-16(14)15;1-11-7-8-13-10-12(2)14-5-3-4-6-15(14)16(13)9-11;1-9-3-5-12-8-10(2)4-6-11(12)7-9;1-6-3-7(2)5-8-4-6;1-6-4-3-5-7(2)8-6;2*1-5-3-4-6(2)7-5/h2*3-10H,1-2H3;3-8H,1-2H3;2*3-5H,1-2H3;2*3-4H,1-2H3. The quantitative estimate of drug-likeness (QED) is 0.142. The summed E-state index contributed by atoms with van der Waals surface area (Å²) in [5.41, 5.74) is 12.6. The van der Waals surface area contributed by atoms with Gasteiger partial charge in [0.2, 0.25) is 0 Å². The Bertz CT molecular complexity index is 3490. The molecule has 0 aliphatic carbocycles. The number of furan rings is 1. The van der Waals surface area contributed by atoms with E-state index in [-0.39, 0.29) is 0 Å². The lowest BCUT2D eigenvalue weighted by atomic mass is 9.97. The van der Waals surface area contributed by atoms with Crippen molar-refractivity contribution in [1.82, 2.24) is 9.97 Å². The molecule has 0 saturated heterocycles. The third-order valence-corrected chi connectivity index (χ3v) is 13.2. The van der Waals surface area contributed by atoms with E-state index in [1.165, 1.54) is 108 Å². The van der Waals surface area contributed by atoms with Crippen LogP contribution in [0.2, 0.25) is 0 Å². The molecular formula is C70H74N2OS. The van der Waals surface area contributed by atoms with Gasteiger partial charge in [-0.1, -0.05) is 173 Å². The molecule has 3 nitrogen and oxygen atoms in total. The van der Waals surface area contributed by atoms with Crippen LogP contribution in [0.1, 0.15) is 77.2 Å². The number of hydrogen-bond acceptors (Lipinski definition) is 4. The van der Waals surface area contributed by atoms with Gasteiger partial charge in [0.1, 0.15) is 11.5 Å². The van der Waals surface area contributed by atoms with Crippen LogP contribution in [0.15, 0.2) is 199 Å². The van der Waals surface area contributed by atoms with Gasteiger partial charge in [-0.15, -0.1) is 11.3 Å². The lowest BCUT2D eigenvalue weighted by Crippen LogP contribution is -1.83. The minimum absolute atomic E-state index is 0.984. The van der Waals surface area contributed by atoms with Gasteiger partial charge in [0.15, 0.2) is 0 Å². The molecule has 0 aliphatic heterocycles. The molecule has 0 amide bonds. The highest BCUT2D eigenvalue weighted by Gasteiger charge is 2.04. The van der Waals surface area contributed by atoms with E-state index in [4.69, 9.17) is 4.42 Å². The lowest BCUT2D eigenvalue weighted by Gasteiger charge is -2.07. The van der Waals surface area contributed by atoms with Gasteiger partial charge < -0.3 is 4.42 Å². The van der Waals surface area contributed by atoms with Crippen molar-refractivity contribution in [2.24, 2.45) is 0 Å². The van der Waals surface area contributed by atoms with E-state index in [9.17, 15) is 0 Å². The third-order valence-electron chi connectivity index (χ3n) is 12.3. The molecule has 0 spiro atoms. The van der Waals surface area contributed by atoms with E-state index in [0.29, 0.717) is 0 Å². The van der Waals surface area contributed by atoms with Gasteiger partial charge in [-0.2, -0.15) is 0 Å². The first-order valence-corrected chi connectivity index (χ1v) is 26.3. The zero-order chi connectivity index (χ0) is 53.3. The molecule has 0 radical (unpaired) electrons. The minimum Gasteiger partial charge on any atom is -0.467 e. The summed E-state index contributed by atoms with van der Waals surface area (Å²) in [6.45, 7) is 29.0. The molecule has 4 aromatic heterocycles. The summed E-state index contributed by atoms with van der Waals surface area (Å²) in [5, 5.41) is 13.4. The van der Waals surface area contributed by atoms with Gasteiger partial charge >= 0.3 is 0 Å². The molecule has 376 valence electrons. The summed E-state index contributed by atoms with van der Waals surface area (Å²) >= 11 is 1.84. The van der Waals surface area contributed by atoms with E-state index >= 15 is 0 Å². The maximum absolute atomic E-state index is 5.08. The van der Waals surface area contributed by atoms with Crippen molar-refractivity contribution in [3.05, 3.63) is 272 Å². The maximum Gasteiger partial charge on any atom is 0.101 e. The van der Waals surface area contributed by atoms with Crippen molar-refractivity contribution in [3.63, 3.8) is 0 Å². The zero-order valence-corrected chi connectivity index (χ0v) is 47.0. The number of aromatic nitrogens is 2. The summed E-state index contributed by atoms with van der Waals surface area (Å²) in [7, 11) is 0. The maximum atomic E-state index is 5.08. The molecule has 12 aromatic rings. The molecule has 8 aromatic carbocycles. The van der Waals surface area contributed by atoms with Gasteiger partial charge in [0, 0.05) is 33.5 Å². The van der Waals surface area contributed by atoms with Crippen LogP contribution in [0.5, 0.6) is 0 Å². The average molecular weight is 991 g/mol. The normalized spacial score (nSPS) is 10.3. The van der Waals surface area contributed by atoms with E-state index in [2.05, 4.69) is 217 Å². The minimum atomic E-state index is 0.984. The molecular weight excluding hydrogens is 917 g/mol. The molecule has 4 heterocycles. The van der Waals surface area contributed by atoms with Gasteiger partial charge in [0.05, 0.1) is 0 Å². The molecule has 0 atom stereocenters. The van der Waals surface area contributed by atoms with Gasteiger partial charge in [-0.25, -0.2) is 0 Å². The fraction of sp³-hybridized carbons (Fsp3) is 0.200. The fourth-order valence-electron chi connectivity index (χ4n) is 8.70. The number of rotatable bonds is 0. The van der Waals surface area contributed by atoms with E-state index in [1.54, 1.807) is 0 Å². The Morgan fingerprint density at radius 2 is 0.703 bits per heavy atom. The van der Waals surface area contributed by atoms with Crippen LogP contribution < -0.4 is 0 Å². The number of fused-ring (bicyclic) bond motifs is 7. The first kappa shape index (κ1) is 55.7. The second-order valence-electron chi connectivity index (χ2n) is 19.6. The van der Waals surface area contributed by atoms with E-state index in [0.717, 1.165) is 22.9 Å². The lowest BCUT2D eigenvalue weighted by molar-refractivity contribution is 0.504. The number of nitrogens with zero attached hydrogens (tertiary/aromatic N) is 2. The van der Waals surface area contributed by atoms with Crippen molar-refractivity contribution in [3.8, 4) is 0 Å². The Kier molecular flexibility index (Phi) is 20.2. The summed E-state index contributed by atoms with van der Waals surface area (Å²) in [4.78, 5) is 11.0. The number of aryl methyl sites for hydroxylation is 14. The first-order chi connectivity index (χ1) is 35.4. The van der Waals surface area contributed by atoms with E-state index in [1.807, 2.05) is 95.6 Å². The van der Waals surface area contributed by atoms with Crippen molar-refractivity contribution < 1.29 is 4.42 Å². The van der Waals surface area contributed by atoms with Crippen LogP contribution in [0.4, 0.5) is 0 Å². The number of thiophene rings is 1. The molecule has 0 aliphatic rings. The van der Waals surface area contributed by atoms with Crippen molar-refractivity contribution >= 4 is 65.2 Å². The van der Waals surface area contributed by atoms with Crippen molar-refractivity contribution in [2.75, 3.05) is 0 Å². The topological polar surface area (TPSA) is 38.9 Å². The molecule has 0 bridgehead atoms.